The summed E-state index contributed by atoms with van der Waals surface area (Å²) in [5.74, 6) is 0.0736. The van der Waals surface area contributed by atoms with Crippen LogP contribution < -0.4 is 14.9 Å². The standard InChI is InChI=1S/C17H17N3O6/c1-25-15-7-12(14(20(23)24)9-16(15)26-2)8-17(22)19-18-10-11-3-5-13(21)6-4-11/h3-7,9-10,21H,8H2,1-2H3,(H,19,22). The first kappa shape index (κ1) is 18.7. The Morgan fingerprint density at radius 2 is 1.85 bits per heavy atom. The van der Waals surface area contributed by atoms with E-state index in [4.69, 9.17) is 9.47 Å². The molecule has 0 aliphatic rings. The molecule has 2 rings (SSSR count). The van der Waals surface area contributed by atoms with Crippen molar-refractivity contribution in [1.29, 1.82) is 0 Å². The minimum atomic E-state index is -0.593. The van der Waals surface area contributed by atoms with E-state index < -0.39 is 10.8 Å². The summed E-state index contributed by atoms with van der Waals surface area (Å²) in [4.78, 5) is 22.7. The quantitative estimate of drug-likeness (QED) is 0.443. The number of phenolic OH excluding ortho intramolecular Hbond substituents is 1. The first-order valence-electron chi connectivity index (χ1n) is 7.44. The molecule has 0 aliphatic heterocycles. The summed E-state index contributed by atoms with van der Waals surface area (Å²) in [6, 6.07) is 8.79. The van der Waals surface area contributed by atoms with Gasteiger partial charge in [-0.25, -0.2) is 5.43 Å². The fourth-order valence-corrected chi connectivity index (χ4v) is 2.17. The van der Waals surface area contributed by atoms with E-state index in [1.165, 1.54) is 44.7 Å². The third kappa shape index (κ3) is 4.69. The van der Waals surface area contributed by atoms with Crippen molar-refractivity contribution >= 4 is 17.8 Å². The molecule has 0 aliphatic carbocycles. The second-order valence-corrected chi connectivity index (χ2v) is 5.15. The number of carbonyl (C=O) groups excluding carboxylic acids is 1. The van der Waals surface area contributed by atoms with Crippen LogP contribution in [-0.2, 0) is 11.2 Å². The van der Waals surface area contributed by atoms with Crippen molar-refractivity contribution in [3.8, 4) is 17.2 Å². The van der Waals surface area contributed by atoms with Crippen LogP contribution in [0.4, 0.5) is 5.69 Å². The number of hydrogen-bond acceptors (Lipinski definition) is 7. The van der Waals surface area contributed by atoms with Crippen LogP contribution in [0.15, 0.2) is 41.5 Å². The molecule has 9 nitrogen and oxygen atoms in total. The summed E-state index contributed by atoms with van der Waals surface area (Å²) in [6.45, 7) is 0. The van der Waals surface area contributed by atoms with E-state index >= 15 is 0 Å². The largest absolute Gasteiger partial charge is 0.508 e. The number of hydrogen-bond donors (Lipinski definition) is 2. The SMILES string of the molecule is COc1cc(CC(=O)NN=Cc2ccc(O)cc2)c([N+](=O)[O-])cc1OC. The monoisotopic (exact) mass is 359 g/mol. The third-order valence-corrected chi connectivity index (χ3v) is 3.43. The van der Waals surface area contributed by atoms with E-state index in [1.54, 1.807) is 12.1 Å². The zero-order valence-corrected chi connectivity index (χ0v) is 14.1. The average molecular weight is 359 g/mol. The molecule has 26 heavy (non-hydrogen) atoms. The molecule has 0 radical (unpaired) electrons. The number of nitro benzene ring substituents is 1. The molecule has 2 N–H and O–H groups in total. The van der Waals surface area contributed by atoms with Gasteiger partial charge in [0.15, 0.2) is 11.5 Å². The van der Waals surface area contributed by atoms with Crippen molar-refractivity contribution < 1.29 is 24.3 Å². The molecule has 1 amide bonds. The molecule has 0 fully saturated rings. The lowest BCUT2D eigenvalue weighted by molar-refractivity contribution is -0.385. The second-order valence-electron chi connectivity index (χ2n) is 5.15. The highest BCUT2D eigenvalue weighted by Gasteiger charge is 2.21. The maximum absolute atomic E-state index is 12.0. The number of hydrazone groups is 1. The van der Waals surface area contributed by atoms with Crippen LogP contribution in [-0.4, -0.2) is 36.4 Å². The maximum Gasteiger partial charge on any atom is 0.277 e. The number of carbonyl (C=O) groups is 1. The minimum Gasteiger partial charge on any atom is -0.508 e. The van der Waals surface area contributed by atoms with Crippen molar-refractivity contribution in [3.63, 3.8) is 0 Å². The van der Waals surface area contributed by atoms with Crippen molar-refractivity contribution in [2.75, 3.05) is 14.2 Å². The molecule has 0 heterocycles. The third-order valence-electron chi connectivity index (χ3n) is 3.43. The highest BCUT2D eigenvalue weighted by molar-refractivity contribution is 5.84. The number of nitro groups is 1. The van der Waals surface area contributed by atoms with E-state index in [0.29, 0.717) is 5.56 Å². The molecule has 0 spiro atoms. The number of rotatable bonds is 7. The number of methoxy groups -OCH3 is 2. The van der Waals surface area contributed by atoms with Gasteiger partial charge in [-0.3, -0.25) is 14.9 Å². The van der Waals surface area contributed by atoms with Crippen LogP contribution >= 0.6 is 0 Å². The zero-order chi connectivity index (χ0) is 19.1. The zero-order valence-electron chi connectivity index (χ0n) is 14.1. The van der Waals surface area contributed by atoms with Crippen LogP contribution in [0.1, 0.15) is 11.1 Å². The molecule has 0 atom stereocenters. The van der Waals surface area contributed by atoms with Gasteiger partial charge in [-0.2, -0.15) is 5.10 Å². The number of amides is 1. The molecule has 0 unspecified atom stereocenters. The number of benzene rings is 2. The lowest BCUT2D eigenvalue weighted by Crippen LogP contribution is -2.20. The molecule has 2 aromatic carbocycles. The molecule has 0 saturated carbocycles. The molecule has 9 heteroatoms. The van der Waals surface area contributed by atoms with Gasteiger partial charge in [0.25, 0.3) is 5.69 Å². The van der Waals surface area contributed by atoms with Crippen molar-refractivity contribution in [1.82, 2.24) is 5.43 Å². The molecule has 0 aromatic heterocycles. The molecular formula is C17H17N3O6. The van der Waals surface area contributed by atoms with Crippen molar-refractivity contribution in [2.45, 2.75) is 6.42 Å². The Bertz CT molecular complexity index is 833. The van der Waals surface area contributed by atoms with E-state index in [2.05, 4.69) is 10.5 Å². The normalized spacial score (nSPS) is 10.5. The van der Waals surface area contributed by atoms with E-state index in [0.717, 1.165) is 0 Å². The molecular weight excluding hydrogens is 342 g/mol. The Balaban J connectivity index is 2.12. The minimum absolute atomic E-state index is 0.118. The van der Waals surface area contributed by atoms with E-state index in [1.807, 2.05) is 0 Å². The number of ether oxygens (including phenoxy) is 2. The highest BCUT2D eigenvalue weighted by Crippen LogP contribution is 2.34. The number of nitrogens with zero attached hydrogens (tertiary/aromatic N) is 2. The van der Waals surface area contributed by atoms with Gasteiger partial charge in [0.05, 0.1) is 37.8 Å². The fraction of sp³-hybridized carbons (Fsp3) is 0.176. The van der Waals surface area contributed by atoms with Gasteiger partial charge in [-0.15, -0.1) is 0 Å². The Morgan fingerprint density at radius 1 is 1.23 bits per heavy atom. The van der Waals surface area contributed by atoms with Crippen molar-refractivity contribution in [2.24, 2.45) is 5.10 Å². The fourth-order valence-electron chi connectivity index (χ4n) is 2.17. The molecule has 136 valence electrons. The summed E-state index contributed by atoms with van der Waals surface area (Å²) >= 11 is 0. The van der Waals surface area contributed by atoms with E-state index in [9.17, 15) is 20.0 Å². The topological polar surface area (TPSA) is 123 Å². The smallest absolute Gasteiger partial charge is 0.277 e. The second kappa shape index (κ2) is 8.47. The number of aromatic hydroxyl groups is 1. The average Bonchev–Trinajstić information content (AvgIpc) is 2.62. The summed E-state index contributed by atoms with van der Waals surface area (Å²) < 4.78 is 10.2. The first-order chi connectivity index (χ1) is 12.4. The van der Waals surface area contributed by atoms with Crippen LogP contribution in [0.2, 0.25) is 0 Å². The maximum atomic E-state index is 12.0. The van der Waals surface area contributed by atoms with Gasteiger partial charge in [-0.05, 0) is 35.9 Å². The predicted octanol–water partition coefficient (Wildman–Crippen LogP) is 2.01. The predicted molar refractivity (Wildman–Crippen MR) is 93.7 cm³/mol. The Labute approximate surface area is 149 Å². The van der Waals surface area contributed by atoms with Crippen LogP contribution in [0.25, 0.3) is 0 Å². The molecule has 0 saturated heterocycles. The lowest BCUT2D eigenvalue weighted by Gasteiger charge is -2.10. The van der Waals surface area contributed by atoms with E-state index in [-0.39, 0.29) is 34.9 Å². The molecule has 2 aromatic rings. The summed E-state index contributed by atoms with van der Waals surface area (Å²) in [7, 11) is 2.77. The van der Waals surface area contributed by atoms with Crippen molar-refractivity contribution in [3.05, 3.63) is 57.6 Å². The van der Waals surface area contributed by atoms with Gasteiger partial charge < -0.3 is 14.6 Å². The summed E-state index contributed by atoms with van der Waals surface area (Å²) in [5.41, 5.74) is 2.89. The van der Waals surface area contributed by atoms with Gasteiger partial charge in [0.1, 0.15) is 5.75 Å². The van der Waals surface area contributed by atoms with Crippen LogP contribution in [0.5, 0.6) is 17.2 Å². The molecule has 0 bridgehead atoms. The summed E-state index contributed by atoms with van der Waals surface area (Å²) in [6.07, 6.45) is 1.13. The van der Waals surface area contributed by atoms with Gasteiger partial charge in [-0.1, -0.05) is 0 Å². The van der Waals surface area contributed by atoms with Crippen LogP contribution in [0, 0.1) is 10.1 Å². The Kier molecular flexibility index (Phi) is 6.10. The summed E-state index contributed by atoms with van der Waals surface area (Å²) in [5, 5.41) is 24.2. The number of phenols is 1. The Hall–Kier alpha value is -3.62. The highest BCUT2D eigenvalue weighted by atomic mass is 16.6. The first-order valence-corrected chi connectivity index (χ1v) is 7.44. The van der Waals surface area contributed by atoms with Gasteiger partial charge in [0.2, 0.25) is 5.91 Å². The van der Waals surface area contributed by atoms with Gasteiger partial charge >= 0.3 is 0 Å². The van der Waals surface area contributed by atoms with Crippen LogP contribution in [0.3, 0.4) is 0 Å². The van der Waals surface area contributed by atoms with Gasteiger partial charge in [0, 0.05) is 5.56 Å². The number of nitrogens with one attached hydrogen (secondary N) is 1. The Morgan fingerprint density at radius 3 is 2.42 bits per heavy atom. The lowest BCUT2D eigenvalue weighted by atomic mass is 10.1.